The number of aromatic nitrogens is 2. The van der Waals surface area contributed by atoms with E-state index in [0.717, 1.165) is 5.56 Å². The molecule has 4 rings (SSSR count). The van der Waals surface area contributed by atoms with Crippen molar-refractivity contribution in [3.63, 3.8) is 0 Å². The van der Waals surface area contributed by atoms with Crippen LogP contribution in [-0.4, -0.2) is 40.7 Å². The third-order valence-electron chi connectivity index (χ3n) is 5.11. The lowest BCUT2D eigenvalue weighted by atomic mass is 10.1. The minimum Gasteiger partial charge on any atom is -0.493 e. The lowest BCUT2D eigenvalue weighted by molar-refractivity contribution is -0.128. The predicted octanol–water partition coefficient (Wildman–Crippen LogP) is 4.19. The Bertz CT molecular complexity index is 1080. The number of amides is 1. The van der Waals surface area contributed by atoms with Crippen LogP contribution in [-0.2, 0) is 11.3 Å². The summed E-state index contributed by atoms with van der Waals surface area (Å²) in [5, 5.41) is 4.07. The summed E-state index contributed by atoms with van der Waals surface area (Å²) in [5.41, 5.74) is 1.20. The summed E-state index contributed by atoms with van der Waals surface area (Å²) in [6.07, 6.45) is 0.268. The number of carbonyl (C=O) groups is 1. The Kier molecular flexibility index (Phi) is 5.88. The summed E-state index contributed by atoms with van der Waals surface area (Å²) >= 11 is 0. The molecule has 2 heterocycles. The van der Waals surface area contributed by atoms with Gasteiger partial charge in [0.15, 0.2) is 11.5 Å². The minimum atomic E-state index is -0.322. The van der Waals surface area contributed by atoms with Gasteiger partial charge in [-0.1, -0.05) is 23.4 Å². The first-order valence-corrected chi connectivity index (χ1v) is 10.1. The fourth-order valence-electron chi connectivity index (χ4n) is 3.60. The lowest BCUT2D eigenvalue weighted by Crippen LogP contribution is -2.24. The quantitative estimate of drug-likeness (QED) is 0.565. The standard InChI is InChI=1S/C23H24FN3O4/c1-14(2)30-19-9-8-15(10-20(19)29-3)22-25-23(31-26-22)17-11-21(28)27(13-17)12-16-6-4-5-7-18(16)24/h4-10,14,17H,11-13H2,1-3H3. The van der Waals surface area contributed by atoms with Crippen LogP contribution in [0.5, 0.6) is 11.5 Å². The second kappa shape index (κ2) is 8.75. The Hall–Kier alpha value is -3.42. The average Bonchev–Trinajstić information content (AvgIpc) is 3.37. The Labute approximate surface area is 179 Å². The smallest absolute Gasteiger partial charge is 0.232 e. The SMILES string of the molecule is COc1cc(-c2noc(C3CC(=O)N(Cc4ccccc4F)C3)n2)ccc1OC(C)C. The Morgan fingerprint density at radius 3 is 2.77 bits per heavy atom. The predicted molar refractivity (Wildman–Crippen MR) is 111 cm³/mol. The maximum absolute atomic E-state index is 13.9. The molecule has 0 aliphatic carbocycles. The summed E-state index contributed by atoms with van der Waals surface area (Å²) in [6, 6.07) is 11.9. The van der Waals surface area contributed by atoms with Crippen molar-refractivity contribution in [2.24, 2.45) is 0 Å². The largest absolute Gasteiger partial charge is 0.493 e. The first-order chi connectivity index (χ1) is 14.9. The van der Waals surface area contributed by atoms with Crippen molar-refractivity contribution in [1.82, 2.24) is 15.0 Å². The fraction of sp³-hybridized carbons (Fsp3) is 0.348. The molecule has 1 unspecified atom stereocenters. The van der Waals surface area contributed by atoms with Crippen LogP contribution < -0.4 is 9.47 Å². The summed E-state index contributed by atoms with van der Waals surface area (Å²) in [5.74, 6) is 1.39. The molecule has 0 saturated carbocycles. The molecular formula is C23H24FN3O4. The molecule has 7 nitrogen and oxygen atoms in total. The number of nitrogens with zero attached hydrogens (tertiary/aromatic N) is 3. The Morgan fingerprint density at radius 2 is 2.03 bits per heavy atom. The van der Waals surface area contributed by atoms with E-state index < -0.39 is 0 Å². The van der Waals surface area contributed by atoms with E-state index in [2.05, 4.69) is 10.1 Å². The number of hydrogen-bond donors (Lipinski definition) is 0. The van der Waals surface area contributed by atoms with Crippen LogP contribution in [0.3, 0.4) is 0 Å². The zero-order valence-corrected chi connectivity index (χ0v) is 17.7. The fourth-order valence-corrected chi connectivity index (χ4v) is 3.60. The van der Waals surface area contributed by atoms with Crippen molar-refractivity contribution in [1.29, 1.82) is 0 Å². The van der Waals surface area contributed by atoms with Crippen molar-refractivity contribution in [3.05, 3.63) is 59.7 Å². The number of halogens is 1. The summed E-state index contributed by atoms with van der Waals surface area (Å²) in [6.45, 7) is 4.51. The number of hydrogen-bond acceptors (Lipinski definition) is 6. The van der Waals surface area contributed by atoms with E-state index in [-0.39, 0.29) is 36.7 Å². The van der Waals surface area contributed by atoms with Gasteiger partial charge in [0.2, 0.25) is 17.6 Å². The third kappa shape index (κ3) is 4.52. The average molecular weight is 425 g/mol. The molecule has 0 radical (unpaired) electrons. The van der Waals surface area contributed by atoms with Gasteiger partial charge in [0.05, 0.1) is 19.1 Å². The molecule has 162 valence electrons. The van der Waals surface area contributed by atoms with Crippen LogP contribution in [0.1, 0.15) is 37.6 Å². The third-order valence-corrected chi connectivity index (χ3v) is 5.11. The zero-order valence-electron chi connectivity index (χ0n) is 17.7. The number of methoxy groups -OCH3 is 1. The van der Waals surface area contributed by atoms with Gasteiger partial charge in [-0.3, -0.25) is 4.79 Å². The van der Waals surface area contributed by atoms with E-state index in [1.54, 1.807) is 42.3 Å². The Morgan fingerprint density at radius 1 is 1.23 bits per heavy atom. The second-order valence-electron chi connectivity index (χ2n) is 7.76. The number of likely N-dealkylation sites (tertiary alicyclic amines) is 1. The van der Waals surface area contributed by atoms with Crippen LogP contribution in [0.4, 0.5) is 4.39 Å². The van der Waals surface area contributed by atoms with E-state index in [4.69, 9.17) is 14.0 Å². The highest BCUT2D eigenvalue weighted by atomic mass is 19.1. The van der Waals surface area contributed by atoms with Gasteiger partial charge in [-0.05, 0) is 38.1 Å². The second-order valence-corrected chi connectivity index (χ2v) is 7.76. The number of carbonyl (C=O) groups excluding carboxylic acids is 1. The molecule has 1 saturated heterocycles. The summed E-state index contributed by atoms with van der Waals surface area (Å²) in [7, 11) is 1.57. The van der Waals surface area contributed by atoms with Gasteiger partial charge < -0.3 is 18.9 Å². The van der Waals surface area contributed by atoms with Crippen molar-refractivity contribution < 1.29 is 23.2 Å². The first kappa shape index (κ1) is 20.8. The van der Waals surface area contributed by atoms with Crippen molar-refractivity contribution in [2.75, 3.05) is 13.7 Å². The Balaban J connectivity index is 1.49. The van der Waals surface area contributed by atoms with E-state index in [1.165, 1.54) is 6.07 Å². The van der Waals surface area contributed by atoms with Gasteiger partial charge in [-0.15, -0.1) is 0 Å². The number of ether oxygens (including phenoxy) is 2. The zero-order chi connectivity index (χ0) is 22.0. The summed E-state index contributed by atoms with van der Waals surface area (Å²) < 4.78 is 30.6. The van der Waals surface area contributed by atoms with Gasteiger partial charge in [0, 0.05) is 30.6 Å². The van der Waals surface area contributed by atoms with Crippen LogP contribution in [0.15, 0.2) is 47.0 Å². The highest BCUT2D eigenvalue weighted by molar-refractivity contribution is 5.79. The van der Waals surface area contributed by atoms with Gasteiger partial charge in [-0.25, -0.2) is 4.39 Å². The molecule has 0 bridgehead atoms. The van der Waals surface area contributed by atoms with Crippen LogP contribution in [0.25, 0.3) is 11.4 Å². The monoisotopic (exact) mass is 425 g/mol. The van der Waals surface area contributed by atoms with Crippen molar-refractivity contribution in [2.45, 2.75) is 38.8 Å². The van der Waals surface area contributed by atoms with Crippen molar-refractivity contribution >= 4 is 5.91 Å². The lowest BCUT2D eigenvalue weighted by Gasteiger charge is -2.16. The number of rotatable bonds is 7. The molecule has 1 aliphatic heterocycles. The summed E-state index contributed by atoms with van der Waals surface area (Å²) in [4.78, 5) is 18.6. The number of benzene rings is 2. The van der Waals surface area contributed by atoms with Gasteiger partial charge >= 0.3 is 0 Å². The van der Waals surface area contributed by atoms with E-state index >= 15 is 0 Å². The van der Waals surface area contributed by atoms with Crippen LogP contribution in [0, 0.1) is 5.82 Å². The normalized spacial score (nSPS) is 16.2. The molecular weight excluding hydrogens is 401 g/mol. The molecule has 2 aromatic carbocycles. The molecule has 31 heavy (non-hydrogen) atoms. The highest BCUT2D eigenvalue weighted by Crippen LogP contribution is 2.34. The first-order valence-electron chi connectivity index (χ1n) is 10.1. The van der Waals surface area contributed by atoms with Gasteiger partial charge in [0.25, 0.3) is 0 Å². The maximum atomic E-state index is 13.9. The van der Waals surface area contributed by atoms with Gasteiger partial charge in [0.1, 0.15) is 5.82 Å². The molecule has 0 N–H and O–H groups in total. The van der Waals surface area contributed by atoms with Crippen LogP contribution in [0.2, 0.25) is 0 Å². The van der Waals surface area contributed by atoms with E-state index in [9.17, 15) is 9.18 Å². The van der Waals surface area contributed by atoms with E-state index in [1.807, 2.05) is 19.9 Å². The minimum absolute atomic E-state index is 0.0174. The van der Waals surface area contributed by atoms with Gasteiger partial charge in [-0.2, -0.15) is 4.98 Å². The molecule has 0 spiro atoms. The maximum Gasteiger partial charge on any atom is 0.232 e. The molecule has 1 aromatic heterocycles. The van der Waals surface area contributed by atoms with E-state index in [0.29, 0.717) is 35.3 Å². The molecule has 3 aromatic rings. The molecule has 1 fully saturated rings. The molecule has 8 heteroatoms. The van der Waals surface area contributed by atoms with Crippen LogP contribution >= 0.6 is 0 Å². The topological polar surface area (TPSA) is 77.7 Å². The van der Waals surface area contributed by atoms with Crippen molar-refractivity contribution in [3.8, 4) is 22.9 Å². The molecule has 1 aliphatic rings. The molecule has 1 atom stereocenters. The highest BCUT2D eigenvalue weighted by Gasteiger charge is 2.34. The molecule has 1 amide bonds.